The molecule has 0 bridgehead atoms. The molecule has 0 radical (unpaired) electrons. The van der Waals surface area contributed by atoms with E-state index < -0.39 is 0 Å². The van der Waals surface area contributed by atoms with Crippen LogP contribution in [0.25, 0.3) is 0 Å². The monoisotopic (exact) mass is 211 g/mol. The summed E-state index contributed by atoms with van der Waals surface area (Å²) in [5, 5.41) is 0.805. The van der Waals surface area contributed by atoms with E-state index in [9.17, 15) is 0 Å². The van der Waals surface area contributed by atoms with Crippen LogP contribution < -0.4 is 5.73 Å². The van der Waals surface area contributed by atoms with E-state index >= 15 is 0 Å². The topological polar surface area (TPSA) is 26.0 Å². The van der Waals surface area contributed by atoms with E-state index in [1.54, 1.807) is 0 Å². The zero-order valence-corrected chi connectivity index (χ0v) is 9.43. The SMILES string of the molecule is CCC(N)CCCc1ccc(Cl)cc1. The maximum absolute atomic E-state index is 5.84. The molecule has 0 aliphatic heterocycles. The van der Waals surface area contributed by atoms with Crippen molar-refractivity contribution in [2.24, 2.45) is 5.73 Å². The van der Waals surface area contributed by atoms with Gasteiger partial charge in [-0.1, -0.05) is 30.7 Å². The van der Waals surface area contributed by atoms with Crippen LogP contribution in [-0.4, -0.2) is 6.04 Å². The number of hydrogen-bond donors (Lipinski definition) is 1. The Morgan fingerprint density at radius 3 is 2.50 bits per heavy atom. The molecule has 14 heavy (non-hydrogen) atoms. The highest BCUT2D eigenvalue weighted by molar-refractivity contribution is 6.30. The van der Waals surface area contributed by atoms with Crippen molar-refractivity contribution in [3.8, 4) is 0 Å². The van der Waals surface area contributed by atoms with Gasteiger partial charge in [0, 0.05) is 11.1 Å². The van der Waals surface area contributed by atoms with Gasteiger partial charge >= 0.3 is 0 Å². The molecule has 0 fully saturated rings. The molecule has 0 heterocycles. The minimum atomic E-state index is 0.363. The lowest BCUT2D eigenvalue weighted by Gasteiger charge is -2.07. The summed E-state index contributed by atoms with van der Waals surface area (Å²) in [6.45, 7) is 2.13. The summed E-state index contributed by atoms with van der Waals surface area (Å²) in [7, 11) is 0. The summed E-state index contributed by atoms with van der Waals surface area (Å²) in [4.78, 5) is 0. The average Bonchev–Trinajstić information content (AvgIpc) is 2.21. The van der Waals surface area contributed by atoms with E-state index in [4.69, 9.17) is 17.3 Å². The second-order valence-corrected chi connectivity index (χ2v) is 4.12. The molecule has 2 heteroatoms. The quantitative estimate of drug-likeness (QED) is 0.794. The van der Waals surface area contributed by atoms with Crippen molar-refractivity contribution in [2.75, 3.05) is 0 Å². The van der Waals surface area contributed by atoms with Gasteiger partial charge in [-0.25, -0.2) is 0 Å². The molecule has 1 nitrogen and oxygen atoms in total. The molecule has 0 saturated carbocycles. The minimum Gasteiger partial charge on any atom is -0.328 e. The van der Waals surface area contributed by atoms with Gasteiger partial charge < -0.3 is 5.73 Å². The van der Waals surface area contributed by atoms with Crippen molar-refractivity contribution in [3.05, 3.63) is 34.9 Å². The number of hydrogen-bond acceptors (Lipinski definition) is 1. The molecule has 2 N–H and O–H groups in total. The fourth-order valence-corrected chi connectivity index (χ4v) is 1.55. The van der Waals surface area contributed by atoms with Gasteiger partial charge in [0.1, 0.15) is 0 Å². The van der Waals surface area contributed by atoms with Crippen LogP contribution >= 0.6 is 11.6 Å². The number of benzene rings is 1. The molecule has 0 amide bonds. The third-order valence-electron chi connectivity index (χ3n) is 2.48. The maximum atomic E-state index is 5.84. The Morgan fingerprint density at radius 2 is 1.93 bits per heavy atom. The van der Waals surface area contributed by atoms with Gasteiger partial charge in [0.05, 0.1) is 0 Å². The lowest BCUT2D eigenvalue weighted by atomic mass is 10.0. The van der Waals surface area contributed by atoms with E-state index in [1.165, 1.54) is 5.56 Å². The summed E-state index contributed by atoms with van der Waals surface area (Å²) < 4.78 is 0. The Hall–Kier alpha value is -0.530. The van der Waals surface area contributed by atoms with Crippen LogP contribution in [0.5, 0.6) is 0 Å². The third kappa shape index (κ3) is 4.12. The fourth-order valence-electron chi connectivity index (χ4n) is 1.42. The van der Waals surface area contributed by atoms with Crippen LogP contribution in [0.15, 0.2) is 24.3 Å². The first-order valence-corrected chi connectivity index (χ1v) is 5.60. The Balaban J connectivity index is 2.28. The highest BCUT2D eigenvalue weighted by atomic mass is 35.5. The van der Waals surface area contributed by atoms with E-state index in [2.05, 4.69) is 19.1 Å². The third-order valence-corrected chi connectivity index (χ3v) is 2.73. The Morgan fingerprint density at radius 1 is 1.29 bits per heavy atom. The molecule has 78 valence electrons. The lowest BCUT2D eigenvalue weighted by Crippen LogP contribution is -2.18. The van der Waals surface area contributed by atoms with Crippen molar-refractivity contribution in [3.63, 3.8) is 0 Å². The number of aryl methyl sites for hydroxylation is 1. The van der Waals surface area contributed by atoms with Crippen LogP contribution in [0.1, 0.15) is 31.7 Å². The summed E-state index contributed by atoms with van der Waals surface area (Å²) in [6.07, 6.45) is 4.45. The molecule has 0 aliphatic rings. The average molecular weight is 212 g/mol. The van der Waals surface area contributed by atoms with Crippen LogP contribution in [0, 0.1) is 0 Å². The predicted octanol–water partition coefficient (Wildman–Crippen LogP) is 3.40. The first-order valence-electron chi connectivity index (χ1n) is 5.22. The maximum Gasteiger partial charge on any atom is 0.0406 e. The van der Waals surface area contributed by atoms with E-state index in [1.807, 2.05) is 12.1 Å². The molecular formula is C12H18ClN. The van der Waals surface area contributed by atoms with Crippen LogP contribution in [0.4, 0.5) is 0 Å². The minimum absolute atomic E-state index is 0.363. The number of halogens is 1. The van der Waals surface area contributed by atoms with Crippen molar-refractivity contribution < 1.29 is 0 Å². The van der Waals surface area contributed by atoms with Gasteiger partial charge in [-0.05, 0) is 43.4 Å². The van der Waals surface area contributed by atoms with Crippen molar-refractivity contribution >= 4 is 11.6 Å². The van der Waals surface area contributed by atoms with Gasteiger partial charge in [0.2, 0.25) is 0 Å². The highest BCUT2D eigenvalue weighted by Crippen LogP contribution is 2.12. The largest absolute Gasteiger partial charge is 0.328 e. The van der Waals surface area contributed by atoms with Gasteiger partial charge in [-0.2, -0.15) is 0 Å². The number of rotatable bonds is 5. The normalized spacial score (nSPS) is 12.8. The molecule has 0 aromatic heterocycles. The molecule has 0 aliphatic carbocycles. The zero-order chi connectivity index (χ0) is 10.4. The van der Waals surface area contributed by atoms with Crippen molar-refractivity contribution in [1.82, 2.24) is 0 Å². The smallest absolute Gasteiger partial charge is 0.0406 e. The number of nitrogens with two attached hydrogens (primary N) is 1. The molecule has 1 aromatic carbocycles. The van der Waals surface area contributed by atoms with Gasteiger partial charge in [0.15, 0.2) is 0 Å². The Labute approximate surface area is 91.3 Å². The predicted molar refractivity (Wildman–Crippen MR) is 62.7 cm³/mol. The van der Waals surface area contributed by atoms with Crippen LogP contribution in [-0.2, 0) is 6.42 Å². The van der Waals surface area contributed by atoms with Gasteiger partial charge in [-0.15, -0.1) is 0 Å². The molecule has 1 aromatic rings. The van der Waals surface area contributed by atoms with Crippen LogP contribution in [0.2, 0.25) is 5.02 Å². The summed E-state index contributed by atoms with van der Waals surface area (Å²) >= 11 is 5.80. The molecule has 0 saturated heterocycles. The molecule has 1 atom stereocenters. The van der Waals surface area contributed by atoms with E-state index in [-0.39, 0.29) is 0 Å². The van der Waals surface area contributed by atoms with Crippen molar-refractivity contribution in [2.45, 2.75) is 38.6 Å². The second-order valence-electron chi connectivity index (χ2n) is 3.69. The summed E-state index contributed by atoms with van der Waals surface area (Å²) in [5.74, 6) is 0. The molecule has 0 spiro atoms. The zero-order valence-electron chi connectivity index (χ0n) is 8.67. The van der Waals surface area contributed by atoms with E-state index in [0.717, 1.165) is 30.7 Å². The van der Waals surface area contributed by atoms with Crippen LogP contribution in [0.3, 0.4) is 0 Å². The fraction of sp³-hybridized carbons (Fsp3) is 0.500. The highest BCUT2D eigenvalue weighted by Gasteiger charge is 1.99. The van der Waals surface area contributed by atoms with Gasteiger partial charge in [-0.3, -0.25) is 0 Å². The first-order chi connectivity index (χ1) is 6.72. The van der Waals surface area contributed by atoms with Crippen molar-refractivity contribution in [1.29, 1.82) is 0 Å². The summed E-state index contributed by atoms with van der Waals surface area (Å²) in [5.41, 5.74) is 7.19. The molecular weight excluding hydrogens is 194 g/mol. The standard InChI is InChI=1S/C12H18ClN/c1-2-12(14)5-3-4-10-6-8-11(13)9-7-10/h6-9,12H,2-5,14H2,1H3. The Kier molecular flexibility index (Phi) is 4.99. The van der Waals surface area contributed by atoms with Gasteiger partial charge in [0.25, 0.3) is 0 Å². The summed E-state index contributed by atoms with van der Waals surface area (Å²) in [6, 6.07) is 8.41. The molecule has 1 unspecified atom stereocenters. The lowest BCUT2D eigenvalue weighted by molar-refractivity contribution is 0.568. The second kappa shape index (κ2) is 6.05. The molecule has 1 rings (SSSR count). The Bertz CT molecular complexity index is 256. The van der Waals surface area contributed by atoms with E-state index in [0.29, 0.717) is 6.04 Å². The first kappa shape index (κ1) is 11.5.